The quantitative estimate of drug-likeness (QED) is 0.0356. The van der Waals surface area contributed by atoms with Gasteiger partial charge in [-0.1, -0.05) is 78.1 Å². The van der Waals surface area contributed by atoms with Gasteiger partial charge in [-0.05, 0) is 0 Å². The van der Waals surface area contributed by atoms with Crippen LogP contribution in [0.2, 0.25) is 0 Å². The van der Waals surface area contributed by atoms with Gasteiger partial charge in [0.25, 0.3) is 0 Å². The van der Waals surface area contributed by atoms with Crippen molar-refractivity contribution in [2.75, 3.05) is 0 Å². The van der Waals surface area contributed by atoms with E-state index in [9.17, 15) is 17.7 Å². The maximum atomic E-state index is 14.7. The Hall–Kier alpha value is -0.976. The molecule has 0 saturated heterocycles. The van der Waals surface area contributed by atoms with Crippen molar-refractivity contribution < 1.29 is 40.4 Å². The fourth-order valence-electron chi connectivity index (χ4n) is 6.85. The molecule has 0 amide bonds. The number of carbonyl (C=O) groups excluding carboxylic acids is 3. The van der Waals surface area contributed by atoms with Gasteiger partial charge in [0.2, 0.25) is 0 Å². The number of carbonyl (C=O) groups is 3. The second kappa shape index (κ2) is 31.5. The molecule has 0 bridgehead atoms. The van der Waals surface area contributed by atoms with Crippen LogP contribution in [0, 0.1) is 0 Å². The molecule has 0 saturated carbocycles. The van der Waals surface area contributed by atoms with E-state index in [1.165, 1.54) is 148 Å². The van der Waals surface area contributed by atoms with Crippen LogP contribution in [0.25, 0.3) is 0 Å². The predicted molar refractivity (Wildman–Crippen MR) is 207 cm³/mol. The van der Waals surface area contributed by atoms with Gasteiger partial charge in [-0.3, -0.25) is 0 Å². The van der Waals surface area contributed by atoms with Crippen molar-refractivity contribution >= 4 is 14.1 Å². The van der Waals surface area contributed by atoms with E-state index in [2.05, 4.69) is 20.4 Å². The molecule has 0 atom stereocenters. The Kier molecular flexibility index (Phi) is 30.9. The molecular weight excluding hydrogens is 660 g/mol. The van der Waals surface area contributed by atoms with Crippen LogP contribution >= 0.6 is 0 Å². The molecule has 0 aliphatic rings. The van der Waals surface area contributed by atoms with E-state index in [-0.39, 0.29) is 18.4 Å². The summed E-state index contributed by atoms with van der Waals surface area (Å²) < 4.78 is 24.3. The fraction of sp³-hybridized carbons (Fsp3) is 0.884. The first-order valence-electron chi connectivity index (χ1n) is 21.5. The van der Waals surface area contributed by atoms with E-state index in [0.29, 0.717) is 12.8 Å². The van der Waals surface area contributed by atoms with Crippen LogP contribution in [0.1, 0.15) is 240 Å². The van der Waals surface area contributed by atoms with E-state index in [4.69, 9.17) is 6.64 Å². The zero-order valence-corrected chi connectivity index (χ0v) is 35.4. The van der Waals surface area contributed by atoms with E-state index < -0.39 is 36.3 Å². The summed E-state index contributed by atoms with van der Waals surface area (Å²) in [6.45, 7) is 12.8. The zero-order valence-electron chi connectivity index (χ0n) is 33.9. The Morgan fingerprint density at radius 2 is 0.720 bits per heavy atom. The first-order valence-corrected chi connectivity index (χ1v) is 25.0. The minimum absolute atomic E-state index is 0.0109. The molecule has 0 aromatic rings. The Morgan fingerprint density at radius 3 is 0.940 bits per heavy atom. The van der Waals surface area contributed by atoms with Gasteiger partial charge in [0.15, 0.2) is 0 Å². The summed E-state index contributed by atoms with van der Waals surface area (Å²) in [5.74, 6) is -0.993. The second-order valence-corrected chi connectivity index (χ2v) is 21.1. The topological polar surface area (TPSA) is 86.7 Å². The molecule has 0 N–H and O–H groups in total. The molecule has 7 heteroatoms. The summed E-state index contributed by atoms with van der Waals surface area (Å²) in [5.41, 5.74) is -0.0109. The van der Waals surface area contributed by atoms with Crippen molar-refractivity contribution in [3.05, 3.63) is 12.2 Å². The van der Waals surface area contributed by atoms with Gasteiger partial charge in [-0.2, -0.15) is 0 Å². The third-order valence-corrected chi connectivity index (χ3v) is 16.1. The van der Waals surface area contributed by atoms with Gasteiger partial charge >= 0.3 is 235 Å². The van der Waals surface area contributed by atoms with Crippen LogP contribution < -0.4 is 0 Å². The van der Waals surface area contributed by atoms with Gasteiger partial charge < -0.3 is 0 Å². The Labute approximate surface area is 311 Å². The van der Waals surface area contributed by atoms with Gasteiger partial charge in [0.1, 0.15) is 0 Å². The van der Waals surface area contributed by atoms with Crippen LogP contribution in [0.5, 0.6) is 0 Å². The average molecular weight is 743 g/mol. The molecule has 0 spiro atoms. The zero-order chi connectivity index (χ0) is 37.4. The molecule has 50 heavy (non-hydrogen) atoms. The van der Waals surface area contributed by atoms with Crippen molar-refractivity contribution in [3.8, 4) is 0 Å². The fourth-order valence-corrected chi connectivity index (χ4v) is 12.2. The molecule has 0 unspecified atom stereocenters. The van der Waals surface area contributed by atoms with Crippen molar-refractivity contribution in [1.29, 1.82) is 0 Å². The maximum absolute atomic E-state index is 14.7. The Balaban J connectivity index is 4.66. The standard InChI is InChI=1S/2C18H35O.C4H6O2.C3H7O.O.Ti/c2*1-2-3-4-5-6-7-8-9-10-11-12-13-14-15-16-17-18-19;1-3(2)4(5)6;1-3(2)4;;/h2*2-17H2,1H3;1H2,2H3,(H,5,6);3H,1-2H3;;/q;;;-1;;+2/p-1. The minimum atomic E-state index is -6.76. The van der Waals surface area contributed by atoms with Crippen LogP contribution in [0.3, 0.4) is 0 Å². The molecular formula is C43H82O6Ti. The van der Waals surface area contributed by atoms with E-state index in [1.54, 1.807) is 13.8 Å². The van der Waals surface area contributed by atoms with Crippen molar-refractivity contribution in [2.45, 2.75) is 246 Å². The Bertz CT molecular complexity index is 905. The predicted octanol–water partition coefficient (Wildman–Crippen LogP) is 14.0. The molecule has 0 aliphatic heterocycles. The molecule has 0 fully saturated rings. The summed E-state index contributed by atoms with van der Waals surface area (Å²) >= 11 is -6.76. The van der Waals surface area contributed by atoms with Crippen molar-refractivity contribution in [2.24, 2.45) is 0 Å². The molecule has 0 aromatic carbocycles. The van der Waals surface area contributed by atoms with Gasteiger partial charge in [-0.15, -0.1) is 0 Å². The van der Waals surface area contributed by atoms with Gasteiger partial charge in [0.05, 0.1) is 0 Å². The molecule has 0 rings (SSSR count). The number of unbranched alkanes of at least 4 members (excludes halogenated alkanes) is 28. The van der Waals surface area contributed by atoms with Gasteiger partial charge in [-0.25, -0.2) is 0 Å². The van der Waals surface area contributed by atoms with E-state index >= 15 is 0 Å². The third-order valence-electron chi connectivity index (χ3n) is 10.1. The SMILES string of the molecule is C=C(C)C(=O)[O][Ti](=[O])([O]C(C)C)([C](=O)CCCCCCCCCCCCCCCCC)[C](=O)CCCCCCCCCCCCCCCCC. The third kappa shape index (κ3) is 23.6. The molecule has 0 aromatic heterocycles. The van der Waals surface area contributed by atoms with Crippen LogP contribution in [-0.2, 0) is 40.4 Å². The summed E-state index contributed by atoms with van der Waals surface area (Å²) in [6.07, 6.45) is 34.9. The normalized spacial score (nSPS) is 12.1. The van der Waals surface area contributed by atoms with Crippen molar-refractivity contribution in [1.82, 2.24) is 0 Å². The number of hydrogen-bond donors (Lipinski definition) is 0. The summed E-state index contributed by atoms with van der Waals surface area (Å²) in [7, 11) is 0. The summed E-state index contributed by atoms with van der Waals surface area (Å²) in [4.78, 5) is 40.2. The molecule has 0 aliphatic carbocycles. The summed E-state index contributed by atoms with van der Waals surface area (Å²) in [5, 5.41) is 0. The van der Waals surface area contributed by atoms with E-state index in [1.807, 2.05) is 0 Å². The Morgan fingerprint density at radius 1 is 0.480 bits per heavy atom. The molecule has 6 nitrogen and oxygen atoms in total. The van der Waals surface area contributed by atoms with Crippen molar-refractivity contribution in [3.63, 3.8) is 0 Å². The number of rotatable bonds is 38. The first-order chi connectivity index (χ1) is 24.0. The molecule has 0 heterocycles. The van der Waals surface area contributed by atoms with Crippen LogP contribution in [-0.4, -0.2) is 20.2 Å². The van der Waals surface area contributed by atoms with Crippen LogP contribution in [0.15, 0.2) is 12.2 Å². The first kappa shape index (κ1) is 49.0. The smallest absolute Gasteiger partial charge is 0.0654 e. The minimum Gasteiger partial charge on any atom is -0.0654 e. The molecule has 0 radical (unpaired) electrons. The van der Waals surface area contributed by atoms with Gasteiger partial charge in [0, 0.05) is 0 Å². The second-order valence-electron chi connectivity index (χ2n) is 15.6. The summed E-state index contributed by atoms with van der Waals surface area (Å²) in [6, 6.07) is 0. The van der Waals surface area contributed by atoms with E-state index in [0.717, 1.165) is 38.5 Å². The molecule has 294 valence electrons. The monoisotopic (exact) mass is 743 g/mol. The number of hydrogen-bond acceptors (Lipinski definition) is 6. The van der Waals surface area contributed by atoms with Crippen LogP contribution in [0.4, 0.5) is 0 Å². The average Bonchev–Trinajstić information content (AvgIpc) is 3.07.